The first-order chi connectivity index (χ1) is 32.2. The first kappa shape index (κ1) is 53.0. The average molecular weight is 935 g/mol. The molecule has 0 spiro atoms. The van der Waals surface area contributed by atoms with Crippen molar-refractivity contribution in [2.75, 3.05) is 0 Å². The van der Waals surface area contributed by atoms with Crippen molar-refractivity contribution in [1.82, 2.24) is 0 Å². The molecular formula is C57H66F8O2. The summed E-state index contributed by atoms with van der Waals surface area (Å²) in [4.78, 5) is 0. The van der Waals surface area contributed by atoms with Crippen LogP contribution in [0.15, 0.2) is 97.1 Å². The third-order valence-corrected chi connectivity index (χ3v) is 12.8. The molecule has 2 aliphatic carbocycles. The van der Waals surface area contributed by atoms with E-state index in [1.54, 1.807) is 0 Å². The zero-order valence-electron chi connectivity index (χ0n) is 39.0. The number of benzene rings is 4. The van der Waals surface area contributed by atoms with Gasteiger partial charge in [-0.05, 0) is 160 Å². The summed E-state index contributed by atoms with van der Waals surface area (Å²) >= 11 is 0. The fourth-order valence-corrected chi connectivity index (χ4v) is 8.73. The molecule has 2 aliphatic rings. The molecule has 0 unspecified atom stereocenters. The predicted octanol–water partition coefficient (Wildman–Crippen LogP) is 17.1. The highest BCUT2D eigenvalue weighted by molar-refractivity contribution is 5.40. The minimum Gasteiger partial charge on any atom is -0.428 e. The van der Waals surface area contributed by atoms with Gasteiger partial charge in [-0.25, -0.2) is 0 Å². The number of unbranched alkanes of at least 4 members (excludes halogenated alkanes) is 7. The van der Waals surface area contributed by atoms with Gasteiger partial charge in [0.05, 0.1) is 0 Å². The predicted molar refractivity (Wildman–Crippen MR) is 252 cm³/mol. The Kier molecular flexibility index (Phi) is 21.5. The van der Waals surface area contributed by atoms with Gasteiger partial charge in [0, 0.05) is 23.0 Å². The second-order valence-corrected chi connectivity index (χ2v) is 18.1. The second-order valence-electron chi connectivity index (χ2n) is 18.1. The number of halogens is 8. The maximum atomic E-state index is 13.0. The molecule has 2 nitrogen and oxygen atoms in total. The van der Waals surface area contributed by atoms with Crippen LogP contribution >= 0.6 is 0 Å². The maximum Gasteiger partial charge on any atom is 0.461 e. The van der Waals surface area contributed by atoms with E-state index in [-0.39, 0.29) is 11.5 Å². The minimum absolute atomic E-state index is 0.303. The molecular weight excluding hydrogens is 869 g/mol. The highest BCUT2D eigenvalue weighted by atomic mass is 19.3. The molecule has 0 N–H and O–H groups in total. The molecule has 6 rings (SSSR count). The Morgan fingerprint density at radius 1 is 0.448 bits per heavy atom. The van der Waals surface area contributed by atoms with Gasteiger partial charge >= 0.3 is 25.1 Å². The largest absolute Gasteiger partial charge is 0.461 e. The number of hydrogen-bond acceptors (Lipinski definition) is 2. The Bertz CT molecular complexity index is 2130. The van der Waals surface area contributed by atoms with Gasteiger partial charge in [0.15, 0.2) is 0 Å². The number of rotatable bonds is 19. The standard InChI is InChI=1S/C29H34F4O.C28H32F4O/c1-2-3-4-5-6-7-22-10-16-25(17-11-22)26-18-12-23(13-19-26)8-9-24-14-20-27(21-15-24)34-29(32,33)28(30)31;1-2-3-4-5-6-21-9-15-24(16-10-21)25-17-11-22(12-18-25)7-8-23-13-19-26(20-14-23)33-28(31,32)27(29)30/h10-11,14-17,20-21,23,26,28H,2-7,12-13,18-19H2,1H3;9-10,13-16,19-20,22,25,27H,2-6,11-12,17-18H2,1H3. The molecule has 2 fully saturated rings. The molecule has 4 aromatic rings. The molecule has 4 aromatic carbocycles. The summed E-state index contributed by atoms with van der Waals surface area (Å²) in [5.74, 6) is 13.9. The molecule has 0 radical (unpaired) electrons. The highest BCUT2D eigenvalue weighted by Crippen LogP contribution is 2.37. The normalized spacial score (nSPS) is 18.5. The topological polar surface area (TPSA) is 18.5 Å². The maximum absolute atomic E-state index is 13.0. The van der Waals surface area contributed by atoms with Gasteiger partial charge in [0.1, 0.15) is 11.5 Å². The number of alkyl halides is 8. The van der Waals surface area contributed by atoms with Crippen molar-refractivity contribution < 1.29 is 44.6 Å². The minimum atomic E-state index is -4.50. The molecule has 0 saturated heterocycles. The van der Waals surface area contributed by atoms with Crippen molar-refractivity contribution >= 4 is 0 Å². The van der Waals surface area contributed by atoms with Crippen molar-refractivity contribution in [1.29, 1.82) is 0 Å². The molecule has 0 atom stereocenters. The monoisotopic (exact) mass is 934 g/mol. The summed E-state index contributed by atoms with van der Waals surface area (Å²) in [6.07, 6.45) is 5.74. The summed E-state index contributed by atoms with van der Waals surface area (Å²) in [5.41, 5.74) is 6.98. The Morgan fingerprint density at radius 2 is 0.776 bits per heavy atom. The Balaban J connectivity index is 0.000000251. The van der Waals surface area contributed by atoms with E-state index in [2.05, 4.69) is 95.5 Å². The third-order valence-electron chi connectivity index (χ3n) is 12.8. The van der Waals surface area contributed by atoms with Crippen LogP contribution in [0.4, 0.5) is 35.1 Å². The Labute approximate surface area is 393 Å². The lowest BCUT2D eigenvalue weighted by molar-refractivity contribution is -0.253. The first-order valence-corrected chi connectivity index (χ1v) is 24.4. The molecule has 2 saturated carbocycles. The molecule has 0 amide bonds. The summed E-state index contributed by atoms with van der Waals surface area (Å²) in [7, 11) is 0. The van der Waals surface area contributed by atoms with Gasteiger partial charge in [-0.15, -0.1) is 0 Å². The van der Waals surface area contributed by atoms with Crippen molar-refractivity contribution in [2.24, 2.45) is 11.8 Å². The average Bonchev–Trinajstić information content (AvgIpc) is 3.33. The molecule has 0 heterocycles. The van der Waals surface area contributed by atoms with Gasteiger partial charge in [0.25, 0.3) is 0 Å². The molecule has 0 aromatic heterocycles. The van der Waals surface area contributed by atoms with Crippen molar-refractivity contribution in [3.8, 4) is 35.2 Å². The van der Waals surface area contributed by atoms with Gasteiger partial charge in [-0.1, -0.05) is 131 Å². The fraction of sp³-hybridized carbons (Fsp3) is 0.509. The van der Waals surface area contributed by atoms with E-state index in [4.69, 9.17) is 0 Å². The van der Waals surface area contributed by atoms with Crippen LogP contribution in [0.1, 0.15) is 168 Å². The van der Waals surface area contributed by atoms with Gasteiger partial charge in [0.2, 0.25) is 0 Å². The summed E-state index contributed by atoms with van der Waals surface area (Å²) in [6, 6.07) is 29.3. The van der Waals surface area contributed by atoms with Gasteiger partial charge in [-0.3, -0.25) is 0 Å². The van der Waals surface area contributed by atoms with Crippen LogP contribution in [0.2, 0.25) is 0 Å². The lowest BCUT2D eigenvalue weighted by Gasteiger charge is -2.26. The van der Waals surface area contributed by atoms with Crippen LogP contribution in [-0.2, 0) is 12.8 Å². The molecule has 362 valence electrons. The first-order valence-electron chi connectivity index (χ1n) is 24.4. The van der Waals surface area contributed by atoms with Crippen molar-refractivity contribution in [3.63, 3.8) is 0 Å². The zero-order chi connectivity index (χ0) is 48.1. The van der Waals surface area contributed by atoms with E-state index >= 15 is 0 Å². The Hall–Kier alpha value is -4.96. The van der Waals surface area contributed by atoms with Crippen LogP contribution < -0.4 is 9.47 Å². The van der Waals surface area contributed by atoms with Crippen molar-refractivity contribution in [3.05, 3.63) is 130 Å². The summed E-state index contributed by atoms with van der Waals surface area (Å²) in [6.45, 7) is 4.47. The Morgan fingerprint density at radius 3 is 1.10 bits per heavy atom. The van der Waals surface area contributed by atoms with Crippen LogP contribution in [0, 0.1) is 35.5 Å². The molecule has 67 heavy (non-hydrogen) atoms. The highest BCUT2D eigenvalue weighted by Gasteiger charge is 2.44. The summed E-state index contributed by atoms with van der Waals surface area (Å²) in [5, 5.41) is 0. The van der Waals surface area contributed by atoms with E-state index < -0.39 is 25.1 Å². The molecule has 10 heteroatoms. The van der Waals surface area contributed by atoms with Crippen LogP contribution in [0.3, 0.4) is 0 Å². The van der Waals surface area contributed by atoms with Crippen LogP contribution in [0.25, 0.3) is 0 Å². The lowest BCUT2D eigenvalue weighted by atomic mass is 9.78. The second kappa shape index (κ2) is 27.1. The van der Waals surface area contributed by atoms with E-state index in [1.807, 2.05) is 0 Å². The number of aryl methyl sites for hydroxylation is 2. The number of hydrogen-bond donors (Lipinski definition) is 0. The molecule has 0 bridgehead atoms. The fourth-order valence-electron chi connectivity index (χ4n) is 8.73. The quantitative estimate of drug-likeness (QED) is 0.0530. The zero-order valence-corrected chi connectivity index (χ0v) is 39.0. The summed E-state index contributed by atoms with van der Waals surface area (Å²) < 4.78 is 109. The van der Waals surface area contributed by atoms with Gasteiger partial charge in [-0.2, -0.15) is 35.1 Å². The van der Waals surface area contributed by atoms with Crippen LogP contribution in [0.5, 0.6) is 11.5 Å². The van der Waals surface area contributed by atoms with E-state index in [0.29, 0.717) is 34.8 Å². The lowest BCUT2D eigenvalue weighted by Crippen LogP contribution is -2.33. The number of ether oxygens (including phenoxy) is 2. The molecule has 0 aliphatic heterocycles. The third kappa shape index (κ3) is 18.2. The van der Waals surface area contributed by atoms with Crippen LogP contribution in [-0.4, -0.2) is 25.1 Å². The van der Waals surface area contributed by atoms with Gasteiger partial charge < -0.3 is 9.47 Å². The van der Waals surface area contributed by atoms with E-state index in [0.717, 1.165) is 64.2 Å². The smallest absolute Gasteiger partial charge is 0.428 e. The van der Waals surface area contributed by atoms with E-state index in [9.17, 15) is 35.1 Å². The van der Waals surface area contributed by atoms with Crippen molar-refractivity contribution in [2.45, 2.75) is 173 Å². The van der Waals surface area contributed by atoms with E-state index in [1.165, 1.54) is 129 Å². The SMILES string of the molecule is CCCCCCCc1ccc(C2CCC(C#Cc3ccc(OC(F)(F)C(F)F)cc3)CC2)cc1.CCCCCCc1ccc(C2CCC(C#Cc3ccc(OC(F)(F)C(F)F)cc3)CC2)cc1.